The van der Waals surface area contributed by atoms with Gasteiger partial charge in [0.15, 0.2) is 0 Å². The summed E-state index contributed by atoms with van der Waals surface area (Å²) in [6.07, 6.45) is 0. The van der Waals surface area contributed by atoms with Crippen molar-refractivity contribution < 1.29 is 13.5 Å². The first-order chi connectivity index (χ1) is 9.86. The van der Waals surface area contributed by atoms with Gasteiger partial charge >= 0.3 is 0 Å². The summed E-state index contributed by atoms with van der Waals surface area (Å²) in [4.78, 5) is 0.104. The summed E-state index contributed by atoms with van der Waals surface area (Å²) in [5.41, 5.74) is 1.94. The number of benzene rings is 2. The summed E-state index contributed by atoms with van der Waals surface area (Å²) in [7, 11) is -3.65. The number of rotatable bonds is 5. The van der Waals surface area contributed by atoms with Crippen LogP contribution in [0.2, 0.25) is 0 Å². The van der Waals surface area contributed by atoms with Gasteiger partial charge in [0.25, 0.3) is 0 Å². The second kappa shape index (κ2) is 6.26. The first-order valence-corrected chi connectivity index (χ1v) is 8.05. The van der Waals surface area contributed by atoms with Crippen molar-refractivity contribution in [2.24, 2.45) is 5.14 Å². The molecule has 2 aromatic carbocycles. The van der Waals surface area contributed by atoms with E-state index in [4.69, 9.17) is 5.14 Å². The number of phenolic OH excluding ortho intramolecular Hbond substituents is 1. The van der Waals surface area contributed by atoms with Gasteiger partial charge in [0.05, 0.1) is 4.90 Å². The van der Waals surface area contributed by atoms with E-state index < -0.39 is 10.0 Å². The zero-order chi connectivity index (χ0) is 15.5. The van der Waals surface area contributed by atoms with Crippen LogP contribution < -0.4 is 10.5 Å². The molecular weight excluding hydrogens is 288 g/mol. The molecule has 0 radical (unpaired) electrons. The second-order valence-electron chi connectivity index (χ2n) is 4.89. The summed E-state index contributed by atoms with van der Waals surface area (Å²) < 4.78 is 22.3. The topological polar surface area (TPSA) is 92.4 Å². The molecule has 0 spiro atoms. The van der Waals surface area contributed by atoms with E-state index in [1.165, 1.54) is 12.1 Å². The molecule has 2 rings (SSSR count). The molecule has 0 fully saturated rings. The quantitative estimate of drug-likeness (QED) is 0.786. The number of hydrogen-bond acceptors (Lipinski definition) is 4. The van der Waals surface area contributed by atoms with Crippen LogP contribution in [0.4, 0.5) is 0 Å². The van der Waals surface area contributed by atoms with Crippen molar-refractivity contribution >= 4 is 10.0 Å². The highest BCUT2D eigenvalue weighted by molar-refractivity contribution is 7.89. The van der Waals surface area contributed by atoms with Crippen LogP contribution in [0, 0.1) is 0 Å². The maximum absolute atomic E-state index is 11.2. The van der Waals surface area contributed by atoms with Crippen molar-refractivity contribution in [2.45, 2.75) is 24.4 Å². The molecule has 0 heterocycles. The average Bonchev–Trinajstić information content (AvgIpc) is 2.44. The van der Waals surface area contributed by atoms with Crippen LogP contribution in [0.15, 0.2) is 53.4 Å². The minimum absolute atomic E-state index is 0.0648. The lowest BCUT2D eigenvalue weighted by Gasteiger charge is -2.14. The Morgan fingerprint density at radius 2 is 1.86 bits per heavy atom. The van der Waals surface area contributed by atoms with Crippen molar-refractivity contribution in [2.75, 3.05) is 0 Å². The van der Waals surface area contributed by atoms with E-state index in [0.29, 0.717) is 6.54 Å². The predicted molar refractivity (Wildman–Crippen MR) is 81.2 cm³/mol. The van der Waals surface area contributed by atoms with Crippen molar-refractivity contribution in [3.8, 4) is 5.75 Å². The van der Waals surface area contributed by atoms with Crippen LogP contribution in [0.1, 0.15) is 24.1 Å². The van der Waals surface area contributed by atoms with Crippen molar-refractivity contribution in [3.63, 3.8) is 0 Å². The van der Waals surface area contributed by atoms with Crippen LogP contribution >= 0.6 is 0 Å². The molecule has 0 aliphatic rings. The number of primary sulfonamides is 1. The zero-order valence-corrected chi connectivity index (χ0v) is 12.5. The predicted octanol–water partition coefficient (Wildman–Crippen LogP) is 1.89. The fourth-order valence-corrected chi connectivity index (χ4v) is 2.50. The third-order valence-corrected chi connectivity index (χ3v) is 4.16. The summed E-state index contributed by atoms with van der Waals surface area (Å²) in [6, 6.07) is 13.6. The molecule has 4 N–H and O–H groups in total. The molecule has 0 amide bonds. The molecule has 0 saturated carbocycles. The minimum Gasteiger partial charge on any atom is -0.508 e. The first-order valence-electron chi connectivity index (χ1n) is 6.50. The molecule has 0 aliphatic carbocycles. The molecule has 112 valence electrons. The SMILES string of the molecule is CC(NCc1ccc(S(N)(=O)=O)cc1)c1cccc(O)c1. The number of nitrogens with one attached hydrogen (secondary N) is 1. The van der Waals surface area contributed by atoms with Gasteiger partial charge in [-0.1, -0.05) is 24.3 Å². The lowest BCUT2D eigenvalue weighted by molar-refractivity contribution is 0.472. The third-order valence-electron chi connectivity index (χ3n) is 3.23. The van der Waals surface area contributed by atoms with Gasteiger partial charge in [-0.05, 0) is 42.3 Å². The Kier molecular flexibility index (Phi) is 4.62. The van der Waals surface area contributed by atoms with Gasteiger partial charge in [-0.3, -0.25) is 0 Å². The van der Waals surface area contributed by atoms with Crippen LogP contribution in [-0.4, -0.2) is 13.5 Å². The number of sulfonamides is 1. The third kappa shape index (κ3) is 4.29. The Morgan fingerprint density at radius 3 is 2.43 bits per heavy atom. The highest BCUT2D eigenvalue weighted by Crippen LogP contribution is 2.18. The molecule has 21 heavy (non-hydrogen) atoms. The standard InChI is InChI=1S/C15H18N2O3S/c1-11(13-3-2-4-14(18)9-13)17-10-12-5-7-15(8-6-12)21(16,19)20/h2-9,11,17-18H,10H2,1H3,(H2,16,19,20). The van der Waals surface area contributed by atoms with Gasteiger partial charge in [0.2, 0.25) is 10.0 Å². The maximum atomic E-state index is 11.2. The van der Waals surface area contributed by atoms with Gasteiger partial charge in [0.1, 0.15) is 5.75 Å². The molecule has 0 saturated heterocycles. The van der Waals surface area contributed by atoms with Crippen LogP contribution in [0.5, 0.6) is 5.75 Å². The van der Waals surface area contributed by atoms with Gasteiger partial charge in [-0.2, -0.15) is 0 Å². The average molecular weight is 306 g/mol. The molecule has 1 atom stereocenters. The van der Waals surface area contributed by atoms with E-state index in [1.54, 1.807) is 30.3 Å². The Balaban J connectivity index is 2.00. The smallest absolute Gasteiger partial charge is 0.238 e. The summed E-state index contributed by atoms with van der Waals surface area (Å²) in [5, 5.41) is 17.8. The van der Waals surface area contributed by atoms with E-state index in [0.717, 1.165) is 11.1 Å². The highest BCUT2D eigenvalue weighted by Gasteiger charge is 2.08. The lowest BCUT2D eigenvalue weighted by Crippen LogP contribution is -2.18. The van der Waals surface area contributed by atoms with Crippen molar-refractivity contribution in [1.82, 2.24) is 5.32 Å². The normalized spacial score (nSPS) is 13.0. The highest BCUT2D eigenvalue weighted by atomic mass is 32.2. The van der Waals surface area contributed by atoms with Gasteiger partial charge < -0.3 is 10.4 Å². The molecule has 5 nitrogen and oxygen atoms in total. The Labute approximate surface area is 124 Å². The molecule has 6 heteroatoms. The number of hydrogen-bond donors (Lipinski definition) is 3. The molecule has 2 aromatic rings. The Hall–Kier alpha value is -1.89. The summed E-state index contributed by atoms with van der Waals surface area (Å²) in [5.74, 6) is 0.235. The largest absolute Gasteiger partial charge is 0.508 e. The van der Waals surface area contributed by atoms with Gasteiger partial charge in [-0.15, -0.1) is 0 Å². The fraction of sp³-hybridized carbons (Fsp3) is 0.200. The lowest BCUT2D eigenvalue weighted by atomic mass is 10.1. The van der Waals surface area contributed by atoms with E-state index in [-0.39, 0.29) is 16.7 Å². The van der Waals surface area contributed by atoms with E-state index in [2.05, 4.69) is 5.32 Å². The van der Waals surface area contributed by atoms with Crippen molar-refractivity contribution in [1.29, 1.82) is 0 Å². The minimum atomic E-state index is -3.65. The van der Waals surface area contributed by atoms with Crippen molar-refractivity contribution in [3.05, 3.63) is 59.7 Å². The molecule has 1 unspecified atom stereocenters. The zero-order valence-electron chi connectivity index (χ0n) is 11.7. The molecule has 0 aliphatic heterocycles. The molecule has 0 aromatic heterocycles. The van der Waals surface area contributed by atoms with Crippen LogP contribution in [-0.2, 0) is 16.6 Å². The second-order valence-corrected chi connectivity index (χ2v) is 6.45. The number of nitrogens with two attached hydrogens (primary N) is 1. The number of aromatic hydroxyl groups is 1. The van der Waals surface area contributed by atoms with Gasteiger partial charge in [-0.25, -0.2) is 13.6 Å². The Bertz CT molecular complexity index is 712. The molecular formula is C15H18N2O3S. The Morgan fingerprint density at radius 1 is 1.19 bits per heavy atom. The summed E-state index contributed by atoms with van der Waals surface area (Å²) >= 11 is 0. The van der Waals surface area contributed by atoms with E-state index in [1.807, 2.05) is 13.0 Å². The molecule has 0 bridgehead atoms. The van der Waals surface area contributed by atoms with Crippen LogP contribution in [0.25, 0.3) is 0 Å². The van der Waals surface area contributed by atoms with E-state index in [9.17, 15) is 13.5 Å². The summed E-state index contributed by atoms with van der Waals surface area (Å²) in [6.45, 7) is 2.58. The van der Waals surface area contributed by atoms with Gasteiger partial charge in [0, 0.05) is 12.6 Å². The fourth-order valence-electron chi connectivity index (χ4n) is 1.98. The monoisotopic (exact) mass is 306 g/mol. The maximum Gasteiger partial charge on any atom is 0.238 e. The van der Waals surface area contributed by atoms with Crippen LogP contribution in [0.3, 0.4) is 0 Å². The van der Waals surface area contributed by atoms with E-state index >= 15 is 0 Å². The number of phenols is 1. The first kappa shape index (κ1) is 15.5.